The van der Waals surface area contributed by atoms with E-state index < -0.39 is 11.7 Å². The summed E-state index contributed by atoms with van der Waals surface area (Å²) < 4.78 is 18.1. The fraction of sp³-hybridized carbons (Fsp3) is 0.211. The Bertz CT molecular complexity index is 814. The molecule has 128 valence electrons. The molecule has 1 saturated heterocycles. The zero-order valence-corrected chi connectivity index (χ0v) is 13.7. The van der Waals surface area contributed by atoms with Crippen molar-refractivity contribution in [3.63, 3.8) is 0 Å². The molecule has 25 heavy (non-hydrogen) atoms. The van der Waals surface area contributed by atoms with Gasteiger partial charge in [0.2, 0.25) is 5.91 Å². The molecule has 2 amide bonds. The van der Waals surface area contributed by atoms with E-state index in [1.807, 2.05) is 24.3 Å². The molecular weight excluding hydrogens is 323 g/mol. The van der Waals surface area contributed by atoms with Crippen LogP contribution >= 0.6 is 0 Å². The highest BCUT2D eigenvalue weighted by Crippen LogP contribution is 2.22. The Kier molecular flexibility index (Phi) is 4.88. The van der Waals surface area contributed by atoms with Crippen molar-refractivity contribution in [3.8, 4) is 5.75 Å². The van der Waals surface area contributed by atoms with Crippen molar-refractivity contribution in [1.29, 1.82) is 0 Å². The van der Waals surface area contributed by atoms with Gasteiger partial charge in [-0.15, -0.1) is 0 Å². The van der Waals surface area contributed by atoms with Crippen LogP contribution in [0.15, 0.2) is 53.5 Å². The molecule has 1 aliphatic rings. The summed E-state index contributed by atoms with van der Waals surface area (Å²) in [6.07, 6.45) is 0.629. The van der Waals surface area contributed by atoms with Gasteiger partial charge in [-0.1, -0.05) is 12.1 Å². The molecule has 0 unspecified atom stereocenters. The van der Waals surface area contributed by atoms with E-state index in [1.54, 1.807) is 7.11 Å². The first-order valence-corrected chi connectivity index (χ1v) is 7.87. The molecule has 1 fully saturated rings. The van der Waals surface area contributed by atoms with Crippen LogP contribution in [-0.2, 0) is 16.0 Å². The van der Waals surface area contributed by atoms with Crippen LogP contribution in [0.3, 0.4) is 0 Å². The maximum absolute atomic E-state index is 13.0. The molecule has 6 heteroatoms. The molecule has 1 heterocycles. The van der Waals surface area contributed by atoms with Gasteiger partial charge in [0.15, 0.2) is 0 Å². The number of benzene rings is 2. The quantitative estimate of drug-likeness (QED) is 0.787. The number of hydrogen-bond acceptors (Lipinski definition) is 4. The first-order valence-electron chi connectivity index (χ1n) is 7.87. The van der Waals surface area contributed by atoms with E-state index >= 15 is 0 Å². The molecule has 0 saturated carbocycles. The van der Waals surface area contributed by atoms with Crippen molar-refractivity contribution < 1.29 is 18.7 Å². The first kappa shape index (κ1) is 16.8. The third-order valence-electron chi connectivity index (χ3n) is 3.97. The predicted molar refractivity (Wildman–Crippen MR) is 92.5 cm³/mol. The fourth-order valence-corrected chi connectivity index (χ4v) is 2.63. The highest BCUT2D eigenvalue weighted by atomic mass is 19.1. The largest absolute Gasteiger partial charge is 0.497 e. The van der Waals surface area contributed by atoms with E-state index in [0.29, 0.717) is 18.7 Å². The Morgan fingerprint density at radius 1 is 1.08 bits per heavy atom. The Hall–Kier alpha value is -3.02. The summed E-state index contributed by atoms with van der Waals surface area (Å²) in [5.41, 5.74) is 1.66. The average molecular weight is 340 g/mol. The molecule has 0 N–H and O–H groups in total. The lowest BCUT2D eigenvalue weighted by atomic mass is 10.1. The van der Waals surface area contributed by atoms with Crippen molar-refractivity contribution in [2.24, 2.45) is 4.99 Å². The second-order valence-corrected chi connectivity index (χ2v) is 5.61. The lowest BCUT2D eigenvalue weighted by molar-refractivity contribution is -0.120. The molecular formula is C19H17FN2O3. The minimum atomic E-state index is -0.439. The van der Waals surface area contributed by atoms with Crippen molar-refractivity contribution >= 4 is 23.2 Å². The van der Waals surface area contributed by atoms with Gasteiger partial charge in [0, 0.05) is 6.54 Å². The molecule has 0 spiro atoms. The van der Waals surface area contributed by atoms with Crippen LogP contribution in [-0.4, -0.2) is 31.2 Å². The van der Waals surface area contributed by atoms with E-state index in [4.69, 9.17) is 4.74 Å². The van der Waals surface area contributed by atoms with Crippen LogP contribution in [0.4, 0.5) is 10.1 Å². The van der Waals surface area contributed by atoms with Crippen LogP contribution in [0.2, 0.25) is 0 Å². The number of rotatable bonds is 5. The molecule has 0 radical (unpaired) electrons. The summed E-state index contributed by atoms with van der Waals surface area (Å²) in [6.45, 7) is 0.415. The van der Waals surface area contributed by atoms with Crippen LogP contribution in [0.1, 0.15) is 12.0 Å². The molecule has 0 aromatic heterocycles. The molecule has 1 aliphatic heterocycles. The van der Waals surface area contributed by atoms with Gasteiger partial charge in [-0.25, -0.2) is 9.29 Å². The third kappa shape index (κ3) is 3.74. The normalized spacial score (nSPS) is 15.9. The number of carbonyl (C=O) groups excluding carboxylic acids is 2. The lowest BCUT2D eigenvalue weighted by Crippen LogP contribution is -2.30. The van der Waals surface area contributed by atoms with E-state index in [-0.39, 0.29) is 18.0 Å². The van der Waals surface area contributed by atoms with Crippen molar-refractivity contribution in [2.75, 3.05) is 18.6 Å². The summed E-state index contributed by atoms with van der Waals surface area (Å²) in [5.74, 6) is -0.427. The SMILES string of the molecule is COc1ccc(CCN=C2CC(=O)N(c3ccc(F)cc3)C2=O)cc1. The number of carbonyl (C=O) groups is 2. The maximum Gasteiger partial charge on any atom is 0.279 e. The number of amides is 2. The van der Waals surface area contributed by atoms with Gasteiger partial charge in [-0.2, -0.15) is 0 Å². The summed E-state index contributed by atoms with van der Waals surface area (Å²) >= 11 is 0. The van der Waals surface area contributed by atoms with Gasteiger partial charge in [0.05, 0.1) is 19.2 Å². The predicted octanol–water partition coefficient (Wildman–Crippen LogP) is 2.78. The van der Waals surface area contributed by atoms with Gasteiger partial charge >= 0.3 is 0 Å². The van der Waals surface area contributed by atoms with Gasteiger partial charge in [0.25, 0.3) is 5.91 Å². The van der Waals surface area contributed by atoms with Gasteiger partial charge in [0.1, 0.15) is 17.3 Å². The third-order valence-corrected chi connectivity index (χ3v) is 3.97. The number of aliphatic imine (C=N–C) groups is 1. The number of hydrogen-bond donors (Lipinski definition) is 0. The maximum atomic E-state index is 13.0. The van der Waals surface area contributed by atoms with Crippen molar-refractivity contribution in [2.45, 2.75) is 12.8 Å². The number of imide groups is 1. The van der Waals surface area contributed by atoms with E-state index in [0.717, 1.165) is 16.2 Å². The van der Waals surface area contributed by atoms with Crippen LogP contribution in [0, 0.1) is 5.82 Å². The summed E-state index contributed by atoms with van der Waals surface area (Å²) in [6, 6.07) is 12.9. The average Bonchev–Trinajstić information content (AvgIpc) is 2.90. The Morgan fingerprint density at radius 2 is 1.76 bits per heavy atom. The van der Waals surface area contributed by atoms with Gasteiger partial charge in [-0.05, 0) is 48.4 Å². The van der Waals surface area contributed by atoms with Crippen molar-refractivity contribution in [1.82, 2.24) is 0 Å². The van der Waals surface area contributed by atoms with Crippen LogP contribution in [0.5, 0.6) is 5.75 Å². The smallest absolute Gasteiger partial charge is 0.279 e. The van der Waals surface area contributed by atoms with E-state index in [9.17, 15) is 14.0 Å². The fourth-order valence-electron chi connectivity index (χ4n) is 2.63. The number of anilines is 1. The highest BCUT2D eigenvalue weighted by molar-refractivity contribution is 6.56. The Labute approximate surface area is 144 Å². The second-order valence-electron chi connectivity index (χ2n) is 5.61. The first-order chi connectivity index (χ1) is 12.1. The molecule has 2 aromatic rings. The second kappa shape index (κ2) is 7.25. The highest BCUT2D eigenvalue weighted by Gasteiger charge is 2.36. The summed E-state index contributed by atoms with van der Waals surface area (Å²) in [5, 5.41) is 0. The summed E-state index contributed by atoms with van der Waals surface area (Å²) in [7, 11) is 1.61. The Balaban J connectivity index is 1.66. The molecule has 0 atom stereocenters. The monoisotopic (exact) mass is 340 g/mol. The number of nitrogens with zero attached hydrogens (tertiary/aromatic N) is 2. The standard InChI is InChI=1S/C19H17FN2O3/c1-25-16-8-2-13(3-9-16)10-11-21-17-12-18(23)22(19(17)24)15-6-4-14(20)5-7-15/h2-9H,10-12H2,1H3. The molecule has 5 nitrogen and oxygen atoms in total. The van der Waals surface area contributed by atoms with E-state index in [1.165, 1.54) is 24.3 Å². The van der Waals surface area contributed by atoms with Crippen LogP contribution in [0.25, 0.3) is 0 Å². The minimum Gasteiger partial charge on any atom is -0.497 e. The summed E-state index contributed by atoms with van der Waals surface area (Å²) in [4.78, 5) is 29.8. The molecule has 2 aromatic carbocycles. The molecule has 0 aliphatic carbocycles. The zero-order chi connectivity index (χ0) is 17.8. The number of methoxy groups -OCH3 is 1. The topological polar surface area (TPSA) is 59.0 Å². The van der Waals surface area contributed by atoms with Crippen LogP contribution < -0.4 is 9.64 Å². The molecule has 3 rings (SSSR count). The Morgan fingerprint density at radius 3 is 2.40 bits per heavy atom. The molecule has 0 bridgehead atoms. The zero-order valence-electron chi connectivity index (χ0n) is 13.7. The van der Waals surface area contributed by atoms with Gasteiger partial charge < -0.3 is 4.74 Å². The minimum absolute atomic E-state index is 0.0289. The van der Waals surface area contributed by atoms with E-state index in [2.05, 4.69) is 4.99 Å². The van der Waals surface area contributed by atoms with Gasteiger partial charge in [-0.3, -0.25) is 14.6 Å². The number of halogens is 1. The number of ether oxygens (including phenoxy) is 1. The lowest BCUT2D eigenvalue weighted by Gasteiger charge is -2.12. The van der Waals surface area contributed by atoms with Crippen molar-refractivity contribution in [3.05, 3.63) is 59.9 Å².